The minimum Gasteiger partial charge on any atom is -0.333 e. The van der Waals surface area contributed by atoms with Crippen LogP contribution in [0.15, 0.2) is 24.3 Å². The van der Waals surface area contributed by atoms with Gasteiger partial charge in [0.05, 0.1) is 22.2 Å². The molecule has 148 valence electrons. The Hall–Kier alpha value is -2.21. The van der Waals surface area contributed by atoms with Gasteiger partial charge in [-0.05, 0) is 31.4 Å². The highest BCUT2D eigenvalue weighted by Gasteiger charge is 2.58. The Morgan fingerprint density at radius 3 is 2.82 bits per heavy atom. The molecule has 1 fully saturated rings. The molecule has 28 heavy (non-hydrogen) atoms. The van der Waals surface area contributed by atoms with Crippen LogP contribution >= 0.6 is 11.3 Å². The number of benzene rings is 1. The monoisotopic (exact) mass is 397 g/mol. The third-order valence-corrected chi connectivity index (χ3v) is 7.52. The molecule has 1 aromatic carbocycles. The summed E-state index contributed by atoms with van der Waals surface area (Å²) in [6, 6.07) is 7.80. The van der Waals surface area contributed by atoms with Crippen LogP contribution in [-0.4, -0.2) is 34.3 Å². The third kappa shape index (κ3) is 2.69. The Morgan fingerprint density at radius 1 is 1.39 bits per heavy atom. The molecular formula is C22H27N3O2S. The number of likely N-dealkylation sites (tertiary alicyclic amines) is 1. The second-order valence-corrected chi connectivity index (χ2v) is 9.18. The van der Waals surface area contributed by atoms with Crippen molar-refractivity contribution in [1.29, 1.82) is 0 Å². The lowest BCUT2D eigenvalue weighted by atomic mass is 9.73. The van der Waals surface area contributed by atoms with Crippen molar-refractivity contribution in [1.82, 2.24) is 9.88 Å². The maximum absolute atomic E-state index is 13.5. The van der Waals surface area contributed by atoms with Gasteiger partial charge in [0.1, 0.15) is 4.88 Å². The Kier molecular flexibility index (Phi) is 4.78. The van der Waals surface area contributed by atoms with Gasteiger partial charge in [-0.25, -0.2) is 4.98 Å². The molecule has 0 saturated carbocycles. The summed E-state index contributed by atoms with van der Waals surface area (Å²) < 4.78 is 0. The number of anilines is 1. The van der Waals surface area contributed by atoms with Gasteiger partial charge in [0.2, 0.25) is 5.91 Å². The van der Waals surface area contributed by atoms with Crippen molar-refractivity contribution < 1.29 is 9.59 Å². The molecule has 2 amide bonds. The van der Waals surface area contributed by atoms with E-state index in [1.807, 2.05) is 36.1 Å². The predicted molar refractivity (Wildman–Crippen MR) is 112 cm³/mol. The Balaban J connectivity index is 1.74. The highest BCUT2D eigenvalue weighted by atomic mass is 32.1. The lowest BCUT2D eigenvalue weighted by molar-refractivity contribution is -0.121. The first-order valence-corrected chi connectivity index (χ1v) is 10.9. The largest absolute Gasteiger partial charge is 0.333 e. The average molecular weight is 398 g/mol. The van der Waals surface area contributed by atoms with Crippen LogP contribution in [0.3, 0.4) is 0 Å². The van der Waals surface area contributed by atoms with E-state index in [0.29, 0.717) is 23.8 Å². The number of thiazole rings is 1. The van der Waals surface area contributed by atoms with Crippen molar-refractivity contribution in [3.63, 3.8) is 0 Å². The summed E-state index contributed by atoms with van der Waals surface area (Å²) in [5, 5.41) is 4.05. The molecule has 2 aliphatic rings. The van der Waals surface area contributed by atoms with E-state index < -0.39 is 5.41 Å². The molecule has 5 nitrogen and oxygen atoms in total. The van der Waals surface area contributed by atoms with Crippen LogP contribution in [0.4, 0.5) is 5.69 Å². The molecule has 2 aromatic rings. The molecule has 3 heterocycles. The summed E-state index contributed by atoms with van der Waals surface area (Å²) in [5.41, 5.74) is 2.09. The molecule has 6 heteroatoms. The Labute approximate surface area is 170 Å². The highest BCUT2D eigenvalue weighted by molar-refractivity contribution is 7.13. The first-order valence-electron chi connectivity index (χ1n) is 10.1. The highest BCUT2D eigenvalue weighted by Crippen LogP contribution is 2.49. The number of hydrogen-bond acceptors (Lipinski definition) is 4. The lowest BCUT2D eigenvalue weighted by Gasteiger charge is -2.33. The molecule has 1 N–H and O–H groups in total. The first-order chi connectivity index (χ1) is 13.4. The Morgan fingerprint density at radius 2 is 2.14 bits per heavy atom. The summed E-state index contributed by atoms with van der Waals surface area (Å²) >= 11 is 1.50. The molecule has 0 aliphatic carbocycles. The maximum Gasteiger partial charge on any atom is 0.266 e. The van der Waals surface area contributed by atoms with E-state index in [4.69, 9.17) is 0 Å². The smallest absolute Gasteiger partial charge is 0.266 e. The number of nitrogens with zero attached hydrogens (tertiary/aromatic N) is 2. The topological polar surface area (TPSA) is 62.3 Å². The van der Waals surface area contributed by atoms with Crippen LogP contribution in [0.1, 0.15) is 71.9 Å². The fourth-order valence-corrected chi connectivity index (χ4v) is 5.74. The summed E-state index contributed by atoms with van der Waals surface area (Å²) in [4.78, 5) is 33.9. The van der Waals surface area contributed by atoms with E-state index in [2.05, 4.69) is 31.1 Å². The SMILES string of the molecule is CCC[C@@H]1N(C(=O)c2sc(C(C)C)nc2C)CC[C@@]12C(=O)Nc1ccccc12. The molecule has 0 radical (unpaired) electrons. The summed E-state index contributed by atoms with van der Waals surface area (Å²) in [6.07, 6.45) is 2.40. The molecule has 1 aromatic heterocycles. The minimum atomic E-state index is -0.637. The number of aryl methyl sites for hydroxylation is 1. The van der Waals surface area contributed by atoms with Gasteiger partial charge < -0.3 is 10.2 Å². The van der Waals surface area contributed by atoms with Crippen LogP contribution in [0, 0.1) is 6.92 Å². The molecule has 0 bridgehead atoms. The molecule has 0 unspecified atom stereocenters. The van der Waals surface area contributed by atoms with Crippen LogP contribution in [0.25, 0.3) is 0 Å². The van der Waals surface area contributed by atoms with Crippen molar-refractivity contribution in [2.24, 2.45) is 0 Å². The zero-order valence-corrected chi connectivity index (χ0v) is 17.7. The molecule has 4 rings (SSSR count). The van der Waals surface area contributed by atoms with E-state index in [0.717, 1.165) is 34.8 Å². The van der Waals surface area contributed by atoms with Gasteiger partial charge in [-0.3, -0.25) is 9.59 Å². The van der Waals surface area contributed by atoms with E-state index in [9.17, 15) is 9.59 Å². The van der Waals surface area contributed by atoms with Crippen molar-refractivity contribution in [3.8, 4) is 0 Å². The third-order valence-electron chi connectivity index (χ3n) is 6.08. The fraction of sp³-hybridized carbons (Fsp3) is 0.500. The van der Waals surface area contributed by atoms with Gasteiger partial charge in [0, 0.05) is 18.2 Å². The normalized spacial score (nSPS) is 23.5. The predicted octanol–water partition coefficient (Wildman–Crippen LogP) is 4.48. The van der Waals surface area contributed by atoms with Crippen LogP contribution in [0.2, 0.25) is 0 Å². The number of fused-ring (bicyclic) bond motifs is 2. The molecule has 1 spiro atoms. The van der Waals surface area contributed by atoms with E-state index in [-0.39, 0.29) is 17.9 Å². The lowest BCUT2D eigenvalue weighted by Crippen LogP contribution is -2.48. The van der Waals surface area contributed by atoms with Crippen LogP contribution in [-0.2, 0) is 10.2 Å². The van der Waals surface area contributed by atoms with Gasteiger partial charge >= 0.3 is 0 Å². The maximum atomic E-state index is 13.5. The first kappa shape index (κ1) is 19.1. The van der Waals surface area contributed by atoms with Crippen molar-refractivity contribution in [2.45, 2.75) is 64.3 Å². The zero-order chi connectivity index (χ0) is 20.1. The molecule has 1 saturated heterocycles. The summed E-state index contributed by atoms with van der Waals surface area (Å²) in [5.74, 6) is 0.356. The Bertz CT molecular complexity index is 936. The van der Waals surface area contributed by atoms with Gasteiger partial charge in [-0.1, -0.05) is 45.4 Å². The average Bonchev–Trinajstić information content (AvgIpc) is 3.32. The quantitative estimate of drug-likeness (QED) is 0.827. The molecular weight excluding hydrogens is 370 g/mol. The zero-order valence-electron chi connectivity index (χ0n) is 16.9. The summed E-state index contributed by atoms with van der Waals surface area (Å²) in [6.45, 7) is 8.81. The molecule has 2 atom stereocenters. The van der Waals surface area contributed by atoms with E-state index in [1.165, 1.54) is 11.3 Å². The second-order valence-electron chi connectivity index (χ2n) is 8.15. The number of amides is 2. The van der Waals surface area contributed by atoms with Crippen molar-refractivity contribution in [3.05, 3.63) is 45.4 Å². The molecule has 2 aliphatic heterocycles. The van der Waals surface area contributed by atoms with Gasteiger partial charge in [0.25, 0.3) is 5.91 Å². The fourth-order valence-electron chi connectivity index (χ4n) is 4.71. The van der Waals surface area contributed by atoms with Crippen molar-refractivity contribution in [2.75, 3.05) is 11.9 Å². The summed E-state index contributed by atoms with van der Waals surface area (Å²) in [7, 11) is 0. The number of carbonyl (C=O) groups is 2. The van der Waals surface area contributed by atoms with E-state index >= 15 is 0 Å². The number of rotatable bonds is 4. The number of carbonyl (C=O) groups excluding carboxylic acids is 2. The van der Waals surface area contributed by atoms with Gasteiger partial charge in [-0.15, -0.1) is 11.3 Å². The number of para-hydroxylation sites is 1. The second kappa shape index (κ2) is 6.99. The number of aromatic nitrogens is 1. The van der Waals surface area contributed by atoms with E-state index in [1.54, 1.807) is 0 Å². The van der Waals surface area contributed by atoms with Gasteiger partial charge in [-0.2, -0.15) is 0 Å². The number of hydrogen-bond donors (Lipinski definition) is 1. The van der Waals surface area contributed by atoms with Crippen molar-refractivity contribution >= 4 is 28.8 Å². The standard InChI is InChI=1S/C22H27N3O2S/c1-5-8-17-22(15-9-6-7-10-16(15)24-21(22)27)11-12-25(17)20(26)18-14(4)23-19(28-18)13(2)3/h6-7,9-10,13,17H,5,8,11-12H2,1-4H3,(H,24,27)/t17-,22-/m0/s1. The van der Waals surface area contributed by atoms with Crippen LogP contribution in [0.5, 0.6) is 0 Å². The van der Waals surface area contributed by atoms with Crippen LogP contribution < -0.4 is 5.32 Å². The minimum absolute atomic E-state index is 0.0226. The number of nitrogens with one attached hydrogen (secondary N) is 1. The van der Waals surface area contributed by atoms with Gasteiger partial charge in [0.15, 0.2) is 0 Å².